The van der Waals surface area contributed by atoms with Crippen molar-refractivity contribution in [3.8, 4) is 0 Å². The number of benzene rings is 1. The number of likely N-dealkylation sites (tertiary alicyclic amines) is 1. The number of carbonyl (C=O) groups is 1. The van der Waals surface area contributed by atoms with Gasteiger partial charge in [0.25, 0.3) is 0 Å². The summed E-state index contributed by atoms with van der Waals surface area (Å²) < 4.78 is 0. The minimum Gasteiger partial charge on any atom is -0.391 e. The number of primary amides is 1. The van der Waals surface area contributed by atoms with Crippen LogP contribution in [-0.2, 0) is 6.42 Å². The zero-order chi connectivity index (χ0) is 13.0. The second-order valence-electron chi connectivity index (χ2n) is 4.89. The lowest BCUT2D eigenvalue weighted by molar-refractivity contribution is 0.0996. The molecule has 1 aliphatic rings. The minimum absolute atomic E-state index is 0.432. The van der Waals surface area contributed by atoms with Crippen LogP contribution in [0.2, 0.25) is 0 Å². The van der Waals surface area contributed by atoms with Gasteiger partial charge in [-0.2, -0.15) is 0 Å². The second-order valence-corrected chi connectivity index (χ2v) is 4.89. The van der Waals surface area contributed by atoms with Crippen LogP contribution in [-0.4, -0.2) is 41.7 Å². The van der Waals surface area contributed by atoms with Gasteiger partial charge < -0.3 is 15.7 Å². The number of rotatable bonds is 5. The molecule has 1 aromatic rings. The molecule has 0 spiro atoms. The van der Waals surface area contributed by atoms with Crippen molar-refractivity contribution in [3.05, 3.63) is 35.4 Å². The molecule has 0 aromatic heterocycles. The molecule has 1 heterocycles. The van der Waals surface area contributed by atoms with Crippen molar-refractivity contribution in [3.63, 3.8) is 0 Å². The molecule has 0 radical (unpaired) electrons. The standard InChI is InChI=1S/C14H20N2O2/c15-14(18)13-6-2-1-5-11(13)9-12(17)10-16-7-3-4-8-16/h1-2,5-6,12,17H,3-4,7-10H2,(H2,15,18)/t12-/m1/s1. The van der Waals surface area contributed by atoms with E-state index in [2.05, 4.69) is 4.90 Å². The Labute approximate surface area is 107 Å². The molecule has 4 nitrogen and oxygen atoms in total. The Bertz CT molecular complexity index is 414. The first kappa shape index (κ1) is 13.1. The van der Waals surface area contributed by atoms with Gasteiger partial charge in [-0.1, -0.05) is 18.2 Å². The summed E-state index contributed by atoms with van der Waals surface area (Å²) in [5.41, 5.74) is 6.67. The number of nitrogens with zero attached hydrogens (tertiary/aromatic N) is 1. The van der Waals surface area contributed by atoms with E-state index in [0.29, 0.717) is 18.5 Å². The van der Waals surface area contributed by atoms with E-state index in [4.69, 9.17) is 5.73 Å². The van der Waals surface area contributed by atoms with Crippen LogP contribution in [0.1, 0.15) is 28.8 Å². The highest BCUT2D eigenvalue weighted by Gasteiger charge is 2.17. The van der Waals surface area contributed by atoms with Crippen LogP contribution in [0.5, 0.6) is 0 Å². The van der Waals surface area contributed by atoms with Gasteiger partial charge >= 0.3 is 0 Å². The van der Waals surface area contributed by atoms with Crippen LogP contribution in [0.15, 0.2) is 24.3 Å². The van der Waals surface area contributed by atoms with E-state index in [1.54, 1.807) is 12.1 Å². The highest BCUT2D eigenvalue weighted by atomic mass is 16.3. The molecule has 1 amide bonds. The van der Waals surface area contributed by atoms with Gasteiger partial charge in [0.1, 0.15) is 0 Å². The van der Waals surface area contributed by atoms with E-state index in [1.807, 2.05) is 12.1 Å². The normalized spacial score (nSPS) is 17.8. The van der Waals surface area contributed by atoms with Crippen LogP contribution in [0.25, 0.3) is 0 Å². The summed E-state index contributed by atoms with van der Waals surface area (Å²) in [6, 6.07) is 7.22. The quantitative estimate of drug-likeness (QED) is 0.809. The Morgan fingerprint density at radius 2 is 2.00 bits per heavy atom. The van der Waals surface area contributed by atoms with Crippen molar-refractivity contribution in [2.45, 2.75) is 25.4 Å². The maximum Gasteiger partial charge on any atom is 0.248 e. The second kappa shape index (κ2) is 5.98. The Hall–Kier alpha value is -1.39. The number of nitrogens with two attached hydrogens (primary N) is 1. The monoisotopic (exact) mass is 248 g/mol. The molecule has 0 saturated carbocycles. The lowest BCUT2D eigenvalue weighted by atomic mass is 10.0. The van der Waals surface area contributed by atoms with Gasteiger partial charge in [-0.15, -0.1) is 0 Å². The summed E-state index contributed by atoms with van der Waals surface area (Å²) in [6.45, 7) is 2.80. The van der Waals surface area contributed by atoms with E-state index in [0.717, 1.165) is 18.7 Å². The molecule has 0 bridgehead atoms. The Kier molecular flexibility index (Phi) is 4.33. The maximum absolute atomic E-state index is 11.3. The van der Waals surface area contributed by atoms with Gasteiger partial charge in [-0.3, -0.25) is 4.79 Å². The molecule has 0 aliphatic carbocycles. The van der Waals surface area contributed by atoms with Gasteiger partial charge in [0.2, 0.25) is 5.91 Å². The molecule has 0 unspecified atom stereocenters. The van der Waals surface area contributed by atoms with Crippen molar-refractivity contribution in [2.75, 3.05) is 19.6 Å². The van der Waals surface area contributed by atoms with Crippen molar-refractivity contribution in [2.24, 2.45) is 5.73 Å². The van der Waals surface area contributed by atoms with Crippen molar-refractivity contribution >= 4 is 5.91 Å². The smallest absolute Gasteiger partial charge is 0.248 e. The largest absolute Gasteiger partial charge is 0.391 e. The summed E-state index contributed by atoms with van der Waals surface area (Å²) in [7, 11) is 0. The van der Waals surface area contributed by atoms with Crippen molar-refractivity contribution in [1.29, 1.82) is 0 Å². The Morgan fingerprint density at radius 3 is 2.67 bits per heavy atom. The Morgan fingerprint density at radius 1 is 1.33 bits per heavy atom. The molecule has 1 aromatic carbocycles. The molecular weight excluding hydrogens is 228 g/mol. The van der Waals surface area contributed by atoms with Crippen molar-refractivity contribution < 1.29 is 9.90 Å². The lowest BCUT2D eigenvalue weighted by Gasteiger charge is -2.19. The van der Waals surface area contributed by atoms with Gasteiger partial charge in [0.05, 0.1) is 6.10 Å². The fourth-order valence-electron chi connectivity index (χ4n) is 2.52. The molecule has 1 fully saturated rings. The number of aliphatic hydroxyl groups is 1. The van der Waals surface area contributed by atoms with Crippen LogP contribution in [0.3, 0.4) is 0 Å². The molecule has 98 valence electrons. The first-order chi connectivity index (χ1) is 8.66. The third-order valence-electron chi connectivity index (χ3n) is 3.41. The highest BCUT2D eigenvalue weighted by molar-refractivity contribution is 5.94. The molecule has 1 saturated heterocycles. The minimum atomic E-state index is -0.441. The van der Waals surface area contributed by atoms with Crippen LogP contribution >= 0.6 is 0 Å². The lowest BCUT2D eigenvalue weighted by Crippen LogP contribution is -2.31. The van der Waals surface area contributed by atoms with Crippen LogP contribution in [0.4, 0.5) is 0 Å². The van der Waals surface area contributed by atoms with Gasteiger partial charge in [-0.05, 0) is 37.6 Å². The van der Waals surface area contributed by atoms with Gasteiger partial charge in [-0.25, -0.2) is 0 Å². The molecule has 18 heavy (non-hydrogen) atoms. The maximum atomic E-state index is 11.3. The highest BCUT2D eigenvalue weighted by Crippen LogP contribution is 2.13. The zero-order valence-corrected chi connectivity index (χ0v) is 10.5. The first-order valence-corrected chi connectivity index (χ1v) is 6.45. The molecule has 1 aliphatic heterocycles. The molecule has 1 atom stereocenters. The molecule has 3 N–H and O–H groups in total. The average Bonchev–Trinajstić information content (AvgIpc) is 2.82. The van der Waals surface area contributed by atoms with E-state index in [9.17, 15) is 9.90 Å². The predicted octanol–water partition coefficient (Wildman–Crippen LogP) is 0.785. The van der Waals surface area contributed by atoms with Crippen LogP contribution < -0.4 is 5.73 Å². The Balaban J connectivity index is 1.97. The average molecular weight is 248 g/mol. The van der Waals surface area contributed by atoms with Gasteiger partial charge in [0, 0.05) is 18.5 Å². The number of amides is 1. The van der Waals surface area contributed by atoms with Gasteiger partial charge in [0.15, 0.2) is 0 Å². The first-order valence-electron chi connectivity index (χ1n) is 6.45. The predicted molar refractivity (Wildman–Crippen MR) is 70.3 cm³/mol. The summed E-state index contributed by atoms with van der Waals surface area (Å²) in [5.74, 6) is -0.432. The van der Waals surface area contributed by atoms with E-state index < -0.39 is 12.0 Å². The van der Waals surface area contributed by atoms with E-state index >= 15 is 0 Å². The number of carbonyl (C=O) groups excluding carboxylic acids is 1. The summed E-state index contributed by atoms with van der Waals surface area (Å²) in [6.07, 6.45) is 2.47. The van der Waals surface area contributed by atoms with Crippen LogP contribution in [0, 0.1) is 0 Å². The van der Waals surface area contributed by atoms with E-state index in [1.165, 1.54) is 12.8 Å². The summed E-state index contributed by atoms with van der Waals surface area (Å²) in [4.78, 5) is 13.5. The number of β-amino-alcohol motifs (C(OH)–C–C–N with tert-alkyl or cyclic N) is 1. The fraction of sp³-hybridized carbons (Fsp3) is 0.500. The summed E-state index contributed by atoms with van der Waals surface area (Å²) in [5, 5.41) is 10.1. The van der Waals surface area contributed by atoms with E-state index in [-0.39, 0.29) is 0 Å². The zero-order valence-electron chi connectivity index (χ0n) is 10.5. The van der Waals surface area contributed by atoms with Crippen molar-refractivity contribution in [1.82, 2.24) is 4.90 Å². The molecular formula is C14H20N2O2. The third-order valence-corrected chi connectivity index (χ3v) is 3.41. The number of hydrogen-bond donors (Lipinski definition) is 2. The fourth-order valence-corrected chi connectivity index (χ4v) is 2.52. The topological polar surface area (TPSA) is 66.6 Å². The molecule has 2 rings (SSSR count). The summed E-state index contributed by atoms with van der Waals surface area (Å²) >= 11 is 0. The third kappa shape index (κ3) is 3.31. The SMILES string of the molecule is NC(=O)c1ccccc1C[C@@H](O)CN1CCCC1. The number of hydrogen-bond acceptors (Lipinski definition) is 3. The molecule has 4 heteroatoms. The number of aliphatic hydroxyl groups excluding tert-OH is 1.